The minimum Gasteiger partial charge on any atom is -0.493 e. The molecule has 3 aromatic carbocycles. The highest BCUT2D eigenvalue weighted by Gasteiger charge is 2.36. The molecule has 1 saturated heterocycles. The molecule has 1 aliphatic rings. The fourth-order valence-electron chi connectivity index (χ4n) is 3.51. The summed E-state index contributed by atoms with van der Waals surface area (Å²) in [6, 6.07) is 16.6. The predicted octanol–water partition coefficient (Wildman–Crippen LogP) is 7.28. The van der Waals surface area contributed by atoms with Crippen LogP contribution in [0.2, 0.25) is 5.02 Å². The normalized spacial score (nSPS) is 14.2. The number of nitrogens with one attached hydrogen (secondary N) is 1. The lowest BCUT2D eigenvalue weighted by molar-refractivity contribution is -0.127. The molecule has 0 aliphatic carbocycles. The molecule has 0 bridgehead atoms. The molecular weight excluding hydrogens is 707 g/mol. The van der Waals surface area contributed by atoms with Gasteiger partial charge in [-0.3, -0.25) is 19.3 Å². The molecule has 38 heavy (non-hydrogen) atoms. The van der Waals surface area contributed by atoms with Crippen LogP contribution in [0.25, 0.3) is 6.08 Å². The SMILES string of the molecule is COc1cc(/C=C2\SC(=O)N(CC(=O)Nc3ccc(Br)c(Cl)c3)C2=O)cc(I)c1OCc1ccc(C)cc1. The van der Waals surface area contributed by atoms with Crippen molar-refractivity contribution in [3.63, 3.8) is 0 Å². The Bertz CT molecular complexity index is 1450. The molecule has 3 amide bonds. The van der Waals surface area contributed by atoms with Crippen molar-refractivity contribution in [2.45, 2.75) is 13.5 Å². The largest absolute Gasteiger partial charge is 0.493 e. The van der Waals surface area contributed by atoms with Crippen LogP contribution in [0.1, 0.15) is 16.7 Å². The van der Waals surface area contributed by atoms with Crippen LogP contribution in [0.5, 0.6) is 11.5 Å². The predicted molar refractivity (Wildman–Crippen MR) is 162 cm³/mol. The molecule has 196 valence electrons. The Labute approximate surface area is 251 Å². The Morgan fingerprint density at radius 1 is 1.16 bits per heavy atom. The van der Waals surface area contributed by atoms with Gasteiger partial charge >= 0.3 is 0 Å². The second-order valence-corrected chi connectivity index (χ2v) is 11.7. The summed E-state index contributed by atoms with van der Waals surface area (Å²) in [6.45, 7) is 1.99. The van der Waals surface area contributed by atoms with Gasteiger partial charge in [-0.1, -0.05) is 41.4 Å². The molecule has 4 rings (SSSR count). The number of hydrogen-bond donors (Lipinski definition) is 1. The molecule has 11 heteroatoms. The van der Waals surface area contributed by atoms with Gasteiger partial charge in [0.15, 0.2) is 11.5 Å². The average Bonchev–Trinajstić information content (AvgIpc) is 3.13. The Morgan fingerprint density at radius 2 is 1.89 bits per heavy atom. The van der Waals surface area contributed by atoms with Crippen LogP contribution >= 0.6 is 61.9 Å². The molecule has 0 atom stereocenters. The number of anilines is 1. The lowest BCUT2D eigenvalue weighted by Gasteiger charge is -2.14. The van der Waals surface area contributed by atoms with Crippen molar-refractivity contribution in [2.75, 3.05) is 19.0 Å². The number of aryl methyl sites for hydroxylation is 1. The Balaban J connectivity index is 1.46. The van der Waals surface area contributed by atoms with Gasteiger partial charge in [-0.15, -0.1) is 0 Å². The van der Waals surface area contributed by atoms with E-state index in [1.54, 1.807) is 37.5 Å². The lowest BCUT2D eigenvalue weighted by atomic mass is 10.1. The van der Waals surface area contributed by atoms with Gasteiger partial charge in [0, 0.05) is 10.2 Å². The molecule has 0 saturated carbocycles. The Morgan fingerprint density at radius 3 is 2.58 bits per heavy atom. The number of nitrogens with zero attached hydrogens (tertiary/aromatic N) is 1. The number of carbonyl (C=O) groups excluding carboxylic acids is 3. The molecule has 0 spiro atoms. The monoisotopic (exact) mass is 726 g/mol. The molecule has 1 fully saturated rings. The summed E-state index contributed by atoms with van der Waals surface area (Å²) in [5.74, 6) is 0.0292. The summed E-state index contributed by atoms with van der Waals surface area (Å²) in [5.41, 5.74) is 3.31. The van der Waals surface area contributed by atoms with E-state index in [1.807, 2.05) is 37.3 Å². The van der Waals surface area contributed by atoms with Gasteiger partial charge in [-0.2, -0.15) is 0 Å². The minimum atomic E-state index is -0.544. The summed E-state index contributed by atoms with van der Waals surface area (Å²) in [5, 5.41) is 2.55. The number of ether oxygens (including phenoxy) is 2. The van der Waals surface area contributed by atoms with E-state index < -0.39 is 23.6 Å². The zero-order valence-electron chi connectivity index (χ0n) is 20.2. The maximum absolute atomic E-state index is 12.9. The molecular formula is C27H21BrClIN2O5S. The van der Waals surface area contributed by atoms with Crippen molar-refractivity contribution in [1.82, 2.24) is 4.90 Å². The van der Waals surface area contributed by atoms with Crippen LogP contribution in [0.15, 0.2) is 64.0 Å². The topological polar surface area (TPSA) is 84.9 Å². The Hall–Kier alpha value is -2.54. The molecule has 0 aromatic heterocycles. The molecule has 0 unspecified atom stereocenters. The van der Waals surface area contributed by atoms with E-state index in [0.29, 0.717) is 38.9 Å². The van der Waals surface area contributed by atoms with Crippen molar-refractivity contribution in [3.05, 3.63) is 89.3 Å². The van der Waals surface area contributed by atoms with Crippen LogP contribution in [0.4, 0.5) is 10.5 Å². The highest BCUT2D eigenvalue weighted by molar-refractivity contribution is 14.1. The first kappa shape index (κ1) is 28.5. The maximum atomic E-state index is 12.9. The smallest absolute Gasteiger partial charge is 0.294 e. The third-order valence-electron chi connectivity index (χ3n) is 5.43. The van der Waals surface area contributed by atoms with Gasteiger partial charge in [-0.05, 0) is 105 Å². The fourth-order valence-corrected chi connectivity index (χ4v) is 5.56. The summed E-state index contributed by atoms with van der Waals surface area (Å²) in [6.07, 6.45) is 1.60. The molecule has 7 nitrogen and oxygen atoms in total. The van der Waals surface area contributed by atoms with Crippen molar-refractivity contribution in [1.29, 1.82) is 0 Å². The zero-order chi connectivity index (χ0) is 27.4. The standard InChI is InChI=1S/C27H21BrClIN2O5S/c1-15-3-5-16(6-4-15)14-37-25-21(30)9-17(10-22(25)36-2)11-23-26(34)32(27(35)38-23)13-24(33)31-18-7-8-19(28)20(29)12-18/h3-12H,13-14H2,1-2H3,(H,31,33)/b23-11-. The minimum absolute atomic E-state index is 0.209. The molecule has 1 N–H and O–H groups in total. The summed E-state index contributed by atoms with van der Waals surface area (Å²) >= 11 is 12.3. The van der Waals surface area contributed by atoms with Crippen LogP contribution < -0.4 is 14.8 Å². The van der Waals surface area contributed by atoms with Crippen molar-refractivity contribution in [2.24, 2.45) is 0 Å². The number of hydrogen-bond acceptors (Lipinski definition) is 6. The van der Waals surface area contributed by atoms with E-state index in [1.165, 1.54) is 5.56 Å². The quantitative estimate of drug-likeness (QED) is 0.194. The summed E-state index contributed by atoms with van der Waals surface area (Å²) in [4.78, 5) is 39.1. The van der Waals surface area contributed by atoms with Gasteiger partial charge in [-0.25, -0.2) is 0 Å². The van der Waals surface area contributed by atoms with Crippen LogP contribution in [-0.2, 0) is 16.2 Å². The van der Waals surface area contributed by atoms with Gasteiger partial charge in [0.05, 0.1) is 20.6 Å². The molecule has 1 aliphatic heterocycles. The summed E-state index contributed by atoms with van der Waals surface area (Å²) < 4.78 is 13.0. The van der Waals surface area contributed by atoms with E-state index in [0.717, 1.165) is 25.8 Å². The van der Waals surface area contributed by atoms with Gasteiger partial charge in [0.2, 0.25) is 5.91 Å². The highest BCUT2D eigenvalue weighted by atomic mass is 127. The van der Waals surface area contributed by atoms with Crippen LogP contribution in [-0.4, -0.2) is 35.6 Å². The first-order valence-electron chi connectivity index (χ1n) is 11.2. The second-order valence-electron chi connectivity index (χ2n) is 8.25. The van der Waals surface area contributed by atoms with Crippen molar-refractivity contribution < 1.29 is 23.9 Å². The highest BCUT2D eigenvalue weighted by Crippen LogP contribution is 2.37. The second kappa shape index (κ2) is 12.5. The summed E-state index contributed by atoms with van der Waals surface area (Å²) in [7, 11) is 1.54. The number of carbonyl (C=O) groups is 3. The van der Waals surface area contributed by atoms with Crippen LogP contribution in [0, 0.1) is 10.5 Å². The van der Waals surface area contributed by atoms with E-state index in [2.05, 4.69) is 43.8 Å². The van der Waals surface area contributed by atoms with E-state index in [9.17, 15) is 14.4 Å². The van der Waals surface area contributed by atoms with Crippen molar-refractivity contribution >= 4 is 90.7 Å². The van der Waals surface area contributed by atoms with Crippen molar-refractivity contribution in [3.8, 4) is 11.5 Å². The van der Waals surface area contributed by atoms with Gasteiger partial charge < -0.3 is 14.8 Å². The number of halogens is 3. The number of benzene rings is 3. The van der Waals surface area contributed by atoms with Gasteiger partial charge in [0.25, 0.3) is 11.1 Å². The molecule has 3 aromatic rings. The van der Waals surface area contributed by atoms with E-state index in [-0.39, 0.29) is 4.91 Å². The first-order valence-corrected chi connectivity index (χ1v) is 14.3. The molecule has 0 radical (unpaired) electrons. The number of imide groups is 1. The Kier molecular flexibility index (Phi) is 9.40. The third-order valence-corrected chi connectivity index (χ3v) is 8.37. The average molecular weight is 728 g/mol. The zero-order valence-corrected chi connectivity index (χ0v) is 25.5. The number of rotatable bonds is 8. The van der Waals surface area contributed by atoms with Gasteiger partial charge in [0.1, 0.15) is 13.2 Å². The molecule has 1 heterocycles. The fraction of sp³-hybridized carbons (Fsp3) is 0.148. The third kappa shape index (κ3) is 6.90. The van der Waals surface area contributed by atoms with E-state index >= 15 is 0 Å². The number of amides is 3. The maximum Gasteiger partial charge on any atom is 0.294 e. The first-order chi connectivity index (χ1) is 18.1. The van der Waals surface area contributed by atoms with Crippen LogP contribution in [0.3, 0.4) is 0 Å². The van der Waals surface area contributed by atoms with E-state index in [4.69, 9.17) is 21.1 Å². The number of thioether (sulfide) groups is 1. The lowest BCUT2D eigenvalue weighted by Crippen LogP contribution is -2.36. The number of methoxy groups -OCH3 is 1.